The number of nitrogens with zero attached hydrogens (tertiary/aromatic N) is 1. The molecule has 0 saturated carbocycles. The summed E-state index contributed by atoms with van der Waals surface area (Å²) in [5, 5.41) is 3.42. The van der Waals surface area contributed by atoms with E-state index in [1.54, 1.807) is 14.2 Å². The van der Waals surface area contributed by atoms with E-state index < -0.39 is 0 Å². The van der Waals surface area contributed by atoms with Gasteiger partial charge in [0.15, 0.2) is 0 Å². The summed E-state index contributed by atoms with van der Waals surface area (Å²) in [6, 6.07) is 6.67. The SMILES string of the molecule is CCC[C@H](c1cc(OC)cc(OC)c1)N1CCNCC1. The van der Waals surface area contributed by atoms with Crippen molar-refractivity contribution in [2.45, 2.75) is 25.8 Å². The molecule has 0 radical (unpaired) electrons. The van der Waals surface area contributed by atoms with Crippen molar-refractivity contribution in [3.05, 3.63) is 23.8 Å². The van der Waals surface area contributed by atoms with Crippen LogP contribution in [0.3, 0.4) is 0 Å². The number of piperazine rings is 1. The Balaban J connectivity index is 2.27. The number of rotatable bonds is 6. The summed E-state index contributed by atoms with van der Waals surface area (Å²) in [6.07, 6.45) is 2.34. The highest BCUT2D eigenvalue weighted by atomic mass is 16.5. The van der Waals surface area contributed by atoms with Crippen LogP contribution >= 0.6 is 0 Å². The summed E-state index contributed by atoms with van der Waals surface area (Å²) in [5.74, 6) is 1.74. The lowest BCUT2D eigenvalue weighted by molar-refractivity contribution is 0.164. The number of hydrogen-bond donors (Lipinski definition) is 1. The second-order valence-corrected chi connectivity index (χ2v) is 5.24. The van der Waals surface area contributed by atoms with Gasteiger partial charge in [-0.25, -0.2) is 0 Å². The van der Waals surface area contributed by atoms with Crippen molar-refractivity contribution >= 4 is 0 Å². The molecule has 4 heteroatoms. The molecule has 1 aliphatic rings. The van der Waals surface area contributed by atoms with Crippen LogP contribution in [0.5, 0.6) is 11.5 Å². The lowest BCUT2D eigenvalue weighted by atomic mass is 9.99. The first kappa shape index (κ1) is 15.1. The molecule has 1 fully saturated rings. The molecule has 0 spiro atoms. The zero-order chi connectivity index (χ0) is 14.4. The van der Waals surface area contributed by atoms with Gasteiger partial charge in [-0.1, -0.05) is 13.3 Å². The molecule has 112 valence electrons. The molecule has 1 aliphatic heterocycles. The molecular weight excluding hydrogens is 252 g/mol. The van der Waals surface area contributed by atoms with E-state index in [0.717, 1.165) is 44.1 Å². The van der Waals surface area contributed by atoms with Crippen LogP contribution in [-0.4, -0.2) is 45.3 Å². The molecular formula is C16H26N2O2. The predicted molar refractivity (Wildman–Crippen MR) is 81.6 cm³/mol. The van der Waals surface area contributed by atoms with E-state index in [4.69, 9.17) is 9.47 Å². The Morgan fingerprint density at radius 1 is 1.10 bits per heavy atom. The Morgan fingerprint density at radius 2 is 1.70 bits per heavy atom. The van der Waals surface area contributed by atoms with Crippen LogP contribution < -0.4 is 14.8 Å². The Morgan fingerprint density at radius 3 is 2.20 bits per heavy atom. The Labute approximate surface area is 122 Å². The number of benzene rings is 1. The molecule has 4 nitrogen and oxygen atoms in total. The Kier molecular flexibility index (Phi) is 5.68. The summed E-state index contributed by atoms with van der Waals surface area (Å²) >= 11 is 0. The van der Waals surface area contributed by atoms with Crippen LogP contribution in [0, 0.1) is 0 Å². The van der Waals surface area contributed by atoms with Gasteiger partial charge >= 0.3 is 0 Å². The van der Waals surface area contributed by atoms with Gasteiger partial charge in [0, 0.05) is 38.3 Å². The molecule has 0 unspecified atom stereocenters. The maximum absolute atomic E-state index is 5.40. The second-order valence-electron chi connectivity index (χ2n) is 5.24. The topological polar surface area (TPSA) is 33.7 Å². The van der Waals surface area contributed by atoms with E-state index in [-0.39, 0.29) is 0 Å². The average molecular weight is 278 g/mol. The third-order valence-corrected chi connectivity index (χ3v) is 3.91. The fraction of sp³-hybridized carbons (Fsp3) is 0.625. The van der Waals surface area contributed by atoms with E-state index in [1.165, 1.54) is 12.0 Å². The third-order valence-electron chi connectivity index (χ3n) is 3.91. The lowest BCUT2D eigenvalue weighted by Crippen LogP contribution is -2.45. The summed E-state index contributed by atoms with van der Waals surface area (Å²) in [5.41, 5.74) is 1.30. The fourth-order valence-corrected chi connectivity index (χ4v) is 2.85. The van der Waals surface area contributed by atoms with Crippen molar-refractivity contribution in [2.75, 3.05) is 40.4 Å². The summed E-state index contributed by atoms with van der Waals surface area (Å²) in [6.45, 7) is 6.59. The first-order chi connectivity index (χ1) is 9.78. The molecule has 1 N–H and O–H groups in total. The number of ether oxygens (including phenoxy) is 2. The lowest BCUT2D eigenvalue weighted by Gasteiger charge is -2.35. The first-order valence-corrected chi connectivity index (χ1v) is 7.46. The van der Waals surface area contributed by atoms with Crippen LogP contribution in [0.1, 0.15) is 31.4 Å². The van der Waals surface area contributed by atoms with Gasteiger partial charge in [0.25, 0.3) is 0 Å². The van der Waals surface area contributed by atoms with Crippen LogP contribution in [0.25, 0.3) is 0 Å². The van der Waals surface area contributed by atoms with Crippen molar-refractivity contribution in [1.29, 1.82) is 0 Å². The predicted octanol–water partition coefficient (Wildman–Crippen LogP) is 2.45. The van der Waals surface area contributed by atoms with Gasteiger partial charge in [0.05, 0.1) is 14.2 Å². The average Bonchev–Trinajstić information content (AvgIpc) is 2.52. The van der Waals surface area contributed by atoms with E-state index in [0.29, 0.717) is 6.04 Å². The second kappa shape index (κ2) is 7.50. The van der Waals surface area contributed by atoms with Crippen LogP contribution in [-0.2, 0) is 0 Å². The fourth-order valence-electron chi connectivity index (χ4n) is 2.85. The van der Waals surface area contributed by atoms with Crippen LogP contribution in [0.15, 0.2) is 18.2 Å². The normalized spacial score (nSPS) is 17.8. The third kappa shape index (κ3) is 3.64. The molecule has 1 aromatic carbocycles. The zero-order valence-corrected chi connectivity index (χ0v) is 12.8. The maximum atomic E-state index is 5.40. The largest absolute Gasteiger partial charge is 0.497 e. The van der Waals surface area contributed by atoms with E-state index >= 15 is 0 Å². The van der Waals surface area contributed by atoms with Gasteiger partial charge < -0.3 is 14.8 Å². The number of nitrogens with one attached hydrogen (secondary N) is 1. The highest BCUT2D eigenvalue weighted by Crippen LogP contribution is 2.32. The standard InChI is InChI=1S/C16H26N2O2/c1-4-5-16(18-8-6-17-7-9-18)13-10-14(19-2)12-15(11-13)20-3/h10-12,16-17H,4-9H2,1-3H3/t16-/m1/s1. The van der Waals surface area contributed by atoms with Crippen molar-refractivity contribution in [3.63, 3.8) is 0 Å². The highest BCUT2D eigenvalue weighted by molar-refractivity contribution is 5.40. The molecule has 0 aromatic heterocycles. The number of hydrogen-bond acceptors (Lipinski definition) is 4. The molecule has 0 amide bonds. The van der Waals surface area contributed by atoms with Crippen molar-refractivity contribution in [1.82, 2.24) is 10.2 Å². The van der Waals surface area contributed by atoms with E-state index in [2.05, 4.69) is 29.3 Å². The zero-order valence-electron chi connectivity index (χ0n) is 12.8. The quantitative estimate of drug-likeness (QED) is 0.866. The summed E-state index contributed by atoms with van der Waals surface area (Å²) < 4.78 is 10.8. The highest BCUT2D eigenvalue weighted by Gasteiger charge is 2.22. The molecule has 1 aromatic rings. The maximum Gasteiger partial charge on any atom is 0.122 e. The summed E-state index contributed by atoms with van der Waals surface area (Å²) in [7, 11) is 3.41. The van der Waals surface area contributed by atoms with Crippen LogP contribution in [0.2, 0.25) is 0 Å². The van der Waals surface area contributed by atoms with Crippen molar-refractivity contribution < 1.29 is 9.47 Å². The van der Waals surface area contributed by atoms with Gasteiger partial charge in [0.2, 0.25) is 0 Å². The summed E-state index contributed by atoms with van der Waals surface area (Å²) in [4.78, 5) is 2.56. The van der Waals surface area contributed by atoms with Gasteiger partial charge in [-0.2, -0.15) is 0 Å². The smallest absolute Gasteiger partial charge is 0.122 e. The van der Waals surface area contributed by atoms with Crippen molar-refractivity contribution in [3.8, 4) is 11.5 Å². The van der Waals surface area contributed by atoms with Crippen molar-refractivity contribution in [2.24, 2.45) is 0 Å². The van der Waals surface area contributed by atoms with E-state index in [9.17, 15) is 0 Å². The molecule has 1 saturated heterocycles. The Hall–Kier alpha value is -1.26. The molecule has 0 bridgehead atoms. The molecule has 1 atom stereocenters. The Bertz CT molecular complexity index is 395. The molecule has 1 heterocycles. The minimum atomic E-state index is 0.450. The van der Waals surface area contributed by atoms with Gasteiger partial charge in [0.1, 0.15) is 11.5 Å². The van der Waals surface area contributed by atoms with Gasteiger partial charge in [-0.05, 0) is 24.1 Å². The molecule has 2 rings (SSSR count). The van der Waals surface area contributed by atoms with Gasteiger partial charge in [-0.15, -0.1) is 0 Å². The van der Waals surface area contributed by atoms with Gasteiger partial charge in [-0.3, -0.25) is 4.90 Å². The monoisotopic (exact) mass is 278 g/mol. The van der Waals surface area contributed by atoms with Crippen LogP contribution in [0.4, 0.5) is 0 Å². The molecule has 20 heavy (non-hydrogen) atoms. The number of methoxy groups -OCH3 is 2. The molecule has 0 aliphatic carbocycles. The first-order valence-electron chi connectivity index (χ1n) is 7.46. The minimum Gasteiger partial charge on any atom is -0.497 e. The van der Waals surface area contributed by atoms with E-state index in [1.807, 2.05) is 6.07 Å². The minimum absolute atomic E-state index is 0.450.